The molecule has 2 N–H and O–H groups in total. The van der Waals surface area contributed by atoms with Crippen molar-refractivity contribution in [3.63, 3.8) is 0 Å². The van der Waals surface area contributed by atoms with Crippen LogP contribution in [0.5, 0.6) is 0 Å². The zero-order chi connectivity index (χ0) is 15.2. The van der Waals surface area contributed by atoms with Crippen molar-refractivity contribution in [1.29, 1.82) is 0 Å². The highest BCUT2D eigenvalue weighted by Gasteiger charge is 2.29. The third-order valence-electron chi connectivity index (χ3n) is 5.10. The first kappa shape index (κ1) is 16.5. The van der Waals surface area contributed by atoms with Crippen molar-refractivity contribution in [1.82, 2.24) is 9.80 Å². The predicted octanol–water partition coefficient (Wildman–Crippen LogP) is 2.35. The van der Waals surface area contributed by atoms with E-state index in [1.165, 1.54) is 37.8 Å². The second-order valence-corrected chi connectivity index (χ2v) is 6.49. The van der Waals surface area contributed by atoms with Gasteiger partial charge in [0.25, 0.3) is 0 Å². The smallest absolute Gasteiger partial charge is 0.240 e. The van der Waals surface area contributed by atoms with Gasteiger partial charge in [0.05, 0.1) is 6.54 Å². The van der Waals surface area contributed by atoms with Crippen molar-refractivity contribution in [2.24, 2.45) is 11.7 Å². The van der Waals surface area contributed by atoms with Gasteiger partial charge in [0.15, 0.2) is 0 Å². The number of carbonyl (C=O) groups excluding carboxylic acids is 1. The van der Waals surface area contributed by atoms with Gasteiger partial charge in [-0.15, -0.1) is 0 Å². The lowest BCUT2D eigenvalue weighted by atomic mass is 9.84. The summed E-state index contributed by atoms with van der Waals surface area (Å²) in [4.78, 5) is 16.8. The lowest BCUT2D eigenvalue weighted by Gasteiger charge is -2.38. The molecule has 2 atom stereocenters. The summed E-state index contributed by atoms with van der Waals surface area (Å²) >= 11 is 0. The van der Waals surface area contributed by atoms with Gasteiger partial charge in [-0.3, -0.25) is 9.69 Å². The normalized spacial score (nSPS) is 26.0. The molecule has 0 saturated heterocycles. The maximum absolute atomic E-state index is 12.6. The fourth-order valence-corrected chi connectivity index (χ4v) is 3.90. The molecule has 0 aromatic heterocycles. The first-order valence-corrected chi connectivity index (χ1v) is 8.57. The van der Waals surface area contributed by atoms with Crippen LogP contribution in [0.15, 0.2) is 11.8 Å². The Labute approximate surface area is 129 Å². The van der Waals surface area contributed by atoms with E-state index in [0.717, 1.165) is 25.9 Å². The lowest BCUT2D eigenvalue weighted by molar-refractivity contribution is -0.131. The van der Waals surface area contributed by atoms with Crippen LogP contribution in [0, 0.1) is 5.92 Å². The molecule has 2 aliphatic carbocycles. The zero-order valence-corrected chi connectivity index (χ0v) is 13.7. The number of likely N-dealkylation sites (N-methyl/N-ethyl adjacent to an activating group) is 2. The summed E-state index contributed by atoms with van der Waals surface area (Å²) in [6.07, 6.45) is 10.5. The molecule has 2 rings (SSSR count). The fraction of sp³-hybridized carbons (Fsp3) is 0.824. The van der Waals surface area contributed by atoms with Crippen LogP contribution in [-0.2, 0) is 4.79 Å². The Morgan fingerprint density at radius 3 is 2.71 bits per heavy atom. The SMILES string of the molecule is CCN(C(=O)CN(C)C1CCCCC1CN)C1=CCCC1. The van der Waals surface area contributed by atoms with Gasteiger partial charge in [0.1, 0.15) is 0 Å². The van der Waals surface area contributed by atoms with Gasteiger partial charge in [-0.05, 0) is 58.5 Å². The van der Waals surface area contributed by atoms with E-state index in [4.69, 9.17) is 5.73 Å². The van der Waals surface area contributed by atoms with Crippen molar-refractivity contribution in [3.8, 4) is 0 Å². The summed E-state index contributed by atoms with van der Waals surface area (Å²) in [5, 5.41) is 0. The average molecular weight is 293 g/mol. The van der Waals surface area contributed by atoms with Crippen molar-refractivity contribution in [3.05, 3.63) is 11.8 Å². The summed E-state index contributed by atoms with van der Waals surface area (Å²) in [6, 6.07) is 0.476. The van der Waals surface area contributed by atoms with Crippen molar-refractivity contribution in [2.45, 2.75) is 57.9 Å². The van der Waals surface area contributed by atoms with E-state index in [-0.39, 0.29) is 5.91 Å². The van der Waals surface area contributed by atoms with Crippen LogP contribution in [0.3, 0.4) is 0 Å². The van der Waals surface area contributed by atoms with Gasteiger partial charge in [-0.25, -0.2) is 0 Å². The molecule has 4 nitrogen and oxygen atoms in total. The minimum absolute atomic E-state index is 0.245. The molecule has 1 amide bonds. The highest BCUT2D eigenvalue weighted by atomic mass is 16.2. The average Bonchev–Trinajstić information content (AvgIpc) is 3.02. The van der Waals surface area contributed by atoms with Crippen molar-refractivity contribution >= 4 is 5.91 Å². The molecule has 0 bridgehead atoms. The second kappa shape index (κ2) is 7.95. The molecule has 0 radical (unpaired) electrons. The van der Waals surface area contributed by atoms with E-state index in [1.54, 1.807) is 0 Å². The summed E-state index contributed by atoms with van der Waals surface area (Å²) < 4.78 is 0. The number of carbonyl (C=O) groups is 1. The van der Waals surface area contributed by atoms with E-state index in [2.05, 4.69) is 24.9 Å². The van der Waals surface area contributed by atoms with Gasteiger partial charge >= 0.3 is 0 Å². The molecular weight excluding hydrogens is 262 g/mol. The third kappa shape index (κ3) is 4.07. The number of amides is 1. The van der Waals surface area contributed by atoms with E-state index in [9.17, 15) is 4.79 Å². The minimum atomic E-state index is 0.245. The van der Waals surface area contributed by atoms with Crippen LogP contribution in [0.4, 0.5) is 0 Å². The molecule has 0 aliphatic heterocycles. The summed E-state index contributed by atoms with van der Waals surface area (Å²) in [5.74, 6) is 0.798. The second-order valence-electron chi connectivity index (χ2n) is 6.49. The van der Waals surface area contributed by atoms with Crippen LogP contribution in [0.2, 0.25) is 0 Å². The number of nitrogens with two attached hydrogens (primary N) is 1. The topological polar surface area (TPSA) is 49.6 Å². The largest absolute Gasteiger partial charge is 0.330 e. The Bertz CT molecular complexity index is 380. The molecule has 0 aromatic carbocycles. The standard InChI is InChI=1S/C17H31N3O/c1-3-20(15-9-5-6-10-15)17(21)13-19(2)16-11-7-4-8-14(16)12-18/h9,14,16H,3-8,10-13,18H2,1-2H3. The molecule has 0 heterocycles. The minimum Gasteiger partial charge on any atom is -0.330 e. The maximum Gasteiger partial charge on any atom is 0.240 e. The Hall–Kier alpha value is -0.870. The van der Waals surface area contributed by atoms with Crippen molar-refractivity contribution in [2.75, 3.05) is 26.7 Å². The van der Waals surface area contributed by atoms with Crippen LogP contribution >= 0.6 is 0 Å². The number of allylic oxidation sites excluding steroid dienone is 2. The van der Waals surface area contributed by atoms with Crippen LogP contribution < -0.4 is 5.73 Å². The number of nitrogens with zero attached hydrogens (tertiary/aromatic N) is 2. The Morgan fingerprint density at radius 2 is 2.10 bits per heavy atom. The molecule has 2 aliphatic rings. The highest BCUT2D eigenvalue weighted by molar-refractivity contribution is 5.80. The van der Waals surface area contributed by atoms with E-state index in [0.29, 0.717) is 18.5 Å². The molecule has 0 spiro atoms. The Kier molecular flexibility index (Phi) is 6.24. The fourth-order valence-electron chi connectivity index (χ4n) is 3.90. The first-order chi connectivity index (χ1) is 10.2. The quantitative estimate of drug-likeness (QED) is 0.818. The molecule has 1 saturated carbocycles. The molecule has 21 heavy (non-hydrogen) atoms. The Morgan fingerprint density at radius 1 is 1.33 bits per heavy atom. The van der Waals surface area contributed by atoms with E-state index in [1.807, 2.05) is 4.90 Å². The summed E-state index contributed by atoms with van der Waals surface area (Å²) in [6.45, 7) is 4.11. The molecular formula is C17H31N3O. The predicted molar refractivity (Wildman–Crippen MR) is 86.8 cm³/mol. The Balaban J connectivity index is 1.93. The molecule has 120 valence electrons. The van der Waals surface area contributed by atoms with Gasteiger partial charge < -0.3 is 10.6 Å². The van der Waals surface area contributed by atoms with Gasteiger partial charge in [0, 0.05) is 18.3 Å². The van der Waals surface area contributed by atoms with Gasteiger partial charge in [-0.1, -0.05) is 18.9 Å². The number of hydrogen-bond acceptors (Lipinski definition) is 3. The maximum atomic E-state index is 12.6. The van der Waals surface area contributed by atoms with E-state index >= 15 is 0 Å². The van der Waals surface area contributed by atoms with Crippen LogP contribution in [0.1, 0.15) is 51.9 Å². The number of hydrogen-bond donors (Lipinski definition) is 1. The lowest BCUT2D eigenvalue weighted by Crippen LogP contribution is -2.47. The highest BCUT2D eigenvalue weighted by Crippen LogP contribution is 2.27. The van der Waals surface area contributed by atoms with Crippen LogP contribution in [0.25, 0.3) is 0 Å². The molecule has 1 fully saturated rings. The molecule has 0 aromatic rings. The van der Waals surface area contributed by atoms with Crippen molar-refractivity contribution < 1.29 is 4.79 Å². The first-order valence-electron chi connectivity index (χ1n) is 8.57. The van der Waals surface area contributed by atoms with E-state index < -0.39 is 0 Å². The third-order valence-corrected chi connectivity index (χ3v) is 5.10. The van der Waals surface area contributed by atoms with Crippen LogP contribution in [-0.4, -0.2) is 48.4 Å². The monoisotopic (exact) mass is 293 g/mol. The van der Waals surface area contributed by atoms with Gasteiger partial charge in [0.2, 0.25) is 5.91 Å². The summed E-state index contributed by atoms with van der Waals surface area (Å²) in [7, 11) is 2.09. The molecule has 4 heteroatoms. The molecule has 2 unspecified atom stereocenters. The summed E-state index contributed by atoms with van der Waals surface area (Å²) in [5.41, 5.74) is 7.15. The number of rotatable bonds is 6. The zero-order valence-electron chi connectivity index (χ0n) is 13.7. The van der Waals surface area contributed by atoms with Gasteiger partial charge in [-0.2, -0.15) is 0 Å².